The zero-order chi connectivity index (χ0) is 12.8. The van der Waals surface area contributed by atoms with Crippen LogP contribution in [-0.2, 0) is 4.74 Å². The average molecular weight is 242 g/mol. The Bertz CT molecular complexity index is 208. The highest BCUT2D eigenvalue weighted by atomic mass is 16.5. The van der Waals surface area contributed by atoms with E-state index in [2.05, 4.69) is 37.9 Å². The first-order chi connectivity index (χ1) is 8.06. The van der Waals surface area contributed by atoms with Crippen LogP contribution in [0.25, 0.3) is 0 Å². The molecule has 0 bridgehead atoms. The van der Waals surface area contributed by atoms with Gasteiger partial charge in [-0.1, -0.05) is 20.8 Å². The molecule has 1 aliphatic heterocycles. The molecule has 0 aliphatic carbocycles. The summed E-state index contributed by atoms with van der Waals surface area (Å²) in [4.78, 5) is 2.61. The maximum absolute atomic E-state index is 5.40. The zero-order valence-electron chi connectivity index (χ0n) is 12.2. The zero-order valence-corrected chi connectivity index (χ0v) is 12.2. The van der Waals surface area contributed by atoms with Crippen LogP contribution in [0.1, 0.15) is 40.5 Å². The second kappa shape index (κ2) is 7.34. The van der Waals surface area contributed by atoms with Gasteiger partial charge in [-0.3, -0.25) is 4.90 Å². The van der Waals surface area contributed by atoms with Crippen molar-refractivity contribution in [2.45, 2.75) is 58.7 Å². The van der Waals surface area contributed by atoms with Gasteiger partial charge in [-0.2, -0.15) is 0 Å². The molecule has 1 fully saturated rings. The molecule has 1 heterocycles. The van der Waals surface area contributed by atoms with E-state index in [1.807, 2.05) is 0 Å². The van der Waals surface area contributed by atoms with Crippen molar-refractivity contribution in [3.63, 3.8) is 0 Å². The summed E-state index contributed by atoms with van der Waals surface area (Å²) in [5.74, 6) is 0.771. The third-order valence-electron chi connectivity index (χ3n) is 3.73. The van der Waals surface area contributed by atoms with Crippen LogP contribution in [0.3, 0.4) is 0 Å². The van der Waals surface area contributed by atoms with Crippen LogP contribution in [0.4, 0.5) is 0 Å². The van der Waals surface area contributed by atoms with Crippen LogP contribution >= 0.6 is 0 Å². The molecule has 102 valence electrons. The van der Waals surface area contributed by atoms with Crippen molar-refractivity contribution in [3.05, 3.63) is 0 Å². The summed E-state index contributed by atoms with van der Waals surface area (Å²) < 4.78 is 5.40. The smallest absolute Gasteiger partial charge is 0.0670 e. The van der Waals surface area contributed by atoms with Crippen molar-refractivity contribution < 1.29 is 4.74 Å². The Morgan fingerprint density at radius 1 is 1.35 bits per heavy atom. The maximum Gasteiger partial charge on any atom is 0.0670 e. The van der Waals surface area contributed by atoms with Gasteiger partial charge in [0.25, 0.3) is 0 Å². The third kappa shape index (κ3) is 4.94. The minimum atomic E-state index is 0.335. The maximum atomic E-state index is 5.40. The summed E-state index contributed by atoms with van der Waals surface area (Å²) in [7, 11) is 1.80. The predicted molar refractivity (Wildman–Crippen MR) is 73.4 cm³/mol. The average Bonchev–Trinajstić information content (AvgIpc) is 2.28. The normalized spacial score (nSPS) is 28.6. The Hall–Kier alpha value is -0.120. The first kappa shape index (κ1) is 14.9. The monoisotopic (exact) mass is 242 g/mol. The lowest BCUT2D eigenvalue weighted by atomic mass is 9.98. The topological polar surface area (TPSA) is 24.5 Å². The minimum absolute atomic E-state index is 0.335. The van der Waals surface area contributed by atoms with E-state index >= 15 is 0 Å². The van der Waals surface area contributed by atoms with E-state index in [0.29, 0.717) is 18.2 Å². The van der Waals surface area contributed by atoms with Crippen LogP contribution in [0.5, 0.6) is 0 Å². The highest BCUT2D eigenvalue weighted by Gasteiger charge is 2.27. The fourth-order valence-corrected chi connectivity index (χ4v) is 2.69. The molecule has 0 amide bonds. The Morgan fingerprint density at radius 3 is 2.59 bits per heavy atom. The van der Waals surface area contributed by atoms with E-state index in [1.165, 1.54) is 19.4 Å². The van der Waals surface area contributed by atoms with Crippen molar-refractivity contribution in [1.29, 1.82) is 0 Å². The highest BCUT2D eigenvalue weighted by molar-refractivity contribution is 4.86. The lowest BCUT2D eigenvalue weighted by Crippen LogP contribution is -2.57. The van der Waals surface area contributed by atoms with E-state index in [-0.39, 0.29) is 0 Å². The van der Waals surface area contributed by atoms with Crippen molar-refractivity contribution >= 4 is 0 Å². The SMILES string of the molecule is CCC1CNC(CC(C)C)CN1CC(C)OC. The Kier molecular flexibility index (Phi) is 6.45. The number of nitrogens with zero attached hydrogens (tertiary/aromatic N) is 1. The summed E-state index contributed by atoms with van der Waals surface area (Å²) in [6.07, 6.45) is 2.83. The van der Waals surface area contributed by atoms with Crippen LogP contribution < -0.4 is 5.32 Å². The number of hydrogen-bond donors (Lipinski definition) is 1. The lowest BCUT2D eigenvalue weighted by molar-refractivity contribution is 0.0378. The molecule has 1 aliphatic rings. The van der Waals surface area contributed by atoms with Crippen LogP contribution in [-0.4, -0.2) is 49.8 Å². The summed E-state index contributed by atoms with van der Waals surface area (Å²) in [5.41, 5.74) is 0. The molecule has 3 heteroatoms. The van der Waals surface area contributed by atoms with Crippen LogP contribution in [0.2, 0.25) is 0 Å². The van der Waals surface area contributed by atoms with Crippen molar-refractivity contribution in [3.8, 4) is 0 Å². The molecule has 0 aromatic carbocycles. The second-order valence-electron chi connectivity index (χ2n) is 5.80. The van der Waals surface area contributed by atoms with Gasteiger partial charge in [-0.25, -0.2) is 0 Å². The van der Waals surface area contributed by atoms with Crippen molar-refractivity contribution in [2.75, 3.05) is 26.7 Å². The van der Waals surface area contributed by atoms with Gasteiger partial charge in [0.05, 0.1) is 6.10 Å². The molecule has 1 saturated heterocycles. The minimum Gasteiger partial charge on any atom is -0.380 e. The van der Waals surface area contributed by atoms with Gasteiger partial charge >= 0.3 is 0 Å². The van der Waals surface area contributed by atoms with Gasteiger partial charge in [0.15, 0.2) is 0 Å². The number of methoxy groups -OCH3 is 1. The standard InChI is InChI=1S/C14H30N2O/c1-6-14-8-15-13(7-11(2)3)10-16(14)9-12(4)17-5/h11-15H,6-10H2,1-5H3. The number of hydrogen-bond acceptors (Lipinski definition) is 3. The fraction of sp³-hybridized carbons (Fsp3) is 1.00. The third-order valence-corrected chi connectivity index (χ3v) is 3.73. The molecule has 0 radical (unpaired) electrons. The van der Waals surface area contributed by atoms with E-state index in [1.54, 1.807) is 7.11 Å². The summed E-state index contributed by atoms with van der Waals surface area (Å²) >= 11 is 0. The molecule has 0 saturated carbocycles. The second-order valence-corrected chi connectivity index (χ2v) is 5.80. The summed E-state index contributed by atoms with van der Waals surface area (Å²) in [6.45, 7) is 12.4. The molecule has 3 nitrogen and oxygen atoms in total. The van der Waals surface area contributed by atoms with Gasteiger partial charge in [0.2, 0.25) is 0 Å². The molecule has 1 N–H and O–H groups in total. The molecule has 0 spiro atoms. The number of nitrogens with one attached hydrogen (secondary N) is 1. The molecule has 3 unspecified atom stereocenters. The quantitative estimate of drug-likeness (QED) is 0.772. The van der Waals surface area contributed by atoms with Gasteiger partial charge in [-0.05, 0) is 25.7 Å². The first-order valence-electron chi connectivity index (χ1n) is 7.07. The summed E-state index contributed by atoms with van der Waals surface area (Å²) in [5, 5.41) is 3.69. The van der Waals surface area contributed by atoms with Gasteiger partial charge in [0, 0.05) is 38.8 Å². The summed E-state index contributed by atoms with van der Waals surface area (Å²) in [6, 6.07) is 1.33. The molecule has 0 aromatic rings. The van der Waals surface area contributed by atoms with Crippen molar-refractivity contribution in [1.82, 2.24) is 10.2 Å². The van der Waals surface area contributed by atoms with Crippen molar-refractivity contribution in [2.24, 2.45) is 5.92 Å². The largest absolute Gasteiger partial charge is 0.380 e. The molecular weight excluding hydrogens is 212 g/mol. The van der Waals surface area contributed by atoms with E-state index in [9.17, 15) is 0 Å². The van der Waals surface area contributed by atoms with Gasteiger partial charge in [0.1, 0.15) is 0 Å². The van der Waals surface area contributed by atoms with Crippen LogP contribution in [0.15, 0.2) is 0 Å². The molecule has 0 aromatic heterocycles. The van der Waals surface area contributed by atoms with E-state index in [4.69, 9.17) is 4.74 Å². The molecule has 17 heavy (non-hydrogen) atoms. The first-order valence-corrected chi connectivity index (χ1v) is 7.07. The Balaban J connectivity index is 2.49. The van der Waals surface area contributed by atoms with Gasteiger partial charge < -0.3 is 10.1 Å². The van der Waals surface area contributed by atoms with Gasteiger partial charge in [-0.15, -0.1) is 0 Å². The highest BCUT2D eigenvalue weighted by Crippen LogP contribution is 2.15. The van der Waals surface area contributed by atoms with E-state index < -0.39 is 0 Å². The molecular formula is C14H30N2O. The number of piperazine rings is 1. The Labute approximate surface area is 107 Å². The Morgan fingerprint density at radius 2 is 2.06 bits per heavy atom. The number of rotatable bonds is 6. The van der Waals surface area contributed by atoms with Crippen LogP contribution in [0, 0.1) is 5.92 Å². The molecule has 3 atom stereocenters. The fourth-order valence-electron chi connectivity index (χ4n) is 2.69. The number of ether oxygens (including phenoxy) is 1. The van der Waals surface area contributed by atoms with E-state index in [0.717, 1.165) is 19.0 Å². The molecule has 1 rings (SSSR count). The lowest BCUT2D eigenvalue weighted by Gasteiger charge is -2.41. The predicted octanol–water partition coefficient (Wildman–Crippen LogP) is 2.12.